The quantitative estimate of drug-likeness (QED) is 0.353. The minimum absolute atomic E-state index is 0.231. The van der Waals surface area contributed by atoms with Crippen molar-refractivity contribution in [2.75, 3.05) is 52.9 Å². The van der Waals surface area contributed by atoms with Crippen LogP contribution in [0.15, 0.2) is 40.8 Å². The molecule has 9 heteroatoms. The summed E-state index contributed by atoms with van der Waals surface area (Å²) in [7, 11) is 7.13. The van der Waals surface area contributed by atoms with Crippen LogP contribution >= 0.6 is 11.3 Å². The number of rotatable bonds is 9. The summed E-state index contributed by atoms with van der Waals surface area (Å²) in [4.78, 5) is 22.1. The highest BCUT2D eigenvalue weighted by Gasteiger charge is 2.26. The van der Waals surface area contributed by atoms with Crippen LogP contribution in [-0.2, 0) is 0 Å². The maximum Gasteiger partial charge on any atom is 0.295 e. The summed E-state index contributed by atoms with van der Waals surface area (Å²) < 4.78 is 23.5. The van der Waals surface area contributed by atoms with Crippen molar-refractivity contribution in [1.29, 1.82) is 0 Å². The number of hydrogen-bond donors (Lipinski definition) is 0. The van der Waals surface area contributed by atoms with E-state index in [1.807, 2.05) is 56.3 Å². The van der Waals surface area contributed by atoms with Crippen LogP contribution in [0.5, 0.6) is 17.2 Å². The van der Waals surface area contributed by atoms with Gasteiger partial charge in [0.05, 0.1) is 20.8 Å². The largest absolute Gasteiger partial charge is 0.495 e. The maximum atomic E-state index is 13.7. The molecule has 0 N–H and O–H groups in total. The summed E-state index contributed by atoms with van der Waals surface area (Å²) in [5, 5.41) is 1.36. The van der Waals surface area contributed by atoms with Gasteiger partial charge in [-0.3, -0.25) is 9.69 Å². The molecule has 0 atom stereocenters. The molecule has 2 heterocycles. The predicted octanol–water partition coefficient (Wildman–Crippen LogP) is 4.67. The molecular formula is C24H27N3O5S. The molecule has 0 bridgehead atoms. The Balaban J connectivity index is 1.79. The smallest absolute Gasteiger partial charge is 0.295 e. The summed E-state index contributed by atoms with van der Waals surface area (Å²) in [5.41, 5.74) is 1.21. The first-order valence-corrected chi connectivity index (χ1v) is 11.4. The summed E-state index contributed by atoms with van der Waals surface area (Å²) in [6, 6.07) is 11.0. The average Bonchev–Trinajstić information content (AvgIpc) is 3.44. The van der Waals surface area contributed by atoms with Crippen molar-refractivity contribution in [3.63, 3.8) is 0 Å². The summed E-state index contributed by atoms with van der Waals surface area (Å²) in [6.07, 6.45) is 0. The lowest BCUT2D eigenvalue weighted by molar-refractivity contribution is 0.0960. The minimum Gasteiger partial charge on any atom is -0.495 e. The van der Waals surface area contributed by atoms with E-state index >= 15 is 0 Å². The van der Waals surface area contributed by atoms with Crippen LogP contribution in [0.4, 0.5) is 5.13 Å². The topological polar surface area (TPSA) is 77.3 Å². The highest BCUT2D eigenvalue weighted by Crippen LogP contribution is 2.40. The molecule has 0 aliphatic carbocycles. The van der Waals surface area contributed by atoms with Crippen LogP contribution in [-0.4, -0.2) is 63.8 Å². The lowest BCUT2D eigenvalue weighted by atomic mass is 10.2. The summed E-state index contributed by atoms with van der Waals surface area (Å²) in [5.74, 6) is 1.88. The highest BCUT2D eigenvalue weighted by atomic mass is 32.1. The normalized spacial score (nSPS) is 11.3. The van der Waals surface area contributed by atoms with E-state index in [-0.39, 0.29) is 11.7 Å². The number of furan rings is 1. The molecule has 0 unspecified atom stereocenters. The van der Waals surface area contributed by atoms with E-state index in [0.717, 1.165) is 10.1 Å². The molecule has 0 aliphatic heterocycles. The molecule has 8 nitrogen and oxygen atoms in total. The third-order valence-corrected chi connectivity index (χ3v) is 6.26. The fraction of sp³-hybridized carbons (Fsp3) is 0.333. The zero-order valence-electron chi connectivity index (χ0n) is 19.4. The number of carbonyl (C=O) groups is 1. The fourth-order valence-electron chi connectivity index (χ4n) is 3.52. The van der Waals surface area contributed by atoms with Crippen LogP contribution in [0.1, 0.15) is 17.5 Å². The highest BCUT2D eigenvalue weighted by molar-refractivity contribution is 7.22. The van der Waals surface area contributed by atoms with Gasteiger partial charge in [-0.2, -0.15) is 0 Å². The Hall–Kier alpha value is -3.30. The third-order valence-electron chi connectivity index (χ3n) is 5.16. The number of nitrogens with zero attached hydrogens (tertiary/aromatic N) is 3. The average molecular weight is 470 g/mol. The van der Waals surface area contributed by atoms with Gasteiger partial charge in [-0.25, -0.2) is 4.98 Å². The molecule has 0 aliphatic rings. The SMILES string of the molecule is CCOc1cccc2cc(C(=O)N(CCN(C)C)c3nc4c(OC)ccc(OC)c4s3)oc12. The molecule has 0 saturated carbocycles. The Morgan fingerprint density at radius 1 is 1.06 bits per heavy atom. The van der Waals surface area contributed by atoms with E-state index in [1.165, 1.54) is 11.3 Å². The van der Waals surface area contributed by atoms with Gasteiger partial charge in [0.2, 0.25) is 0 Å². The van der Waals surface area contributed by atoms with Gasteiger partial charge in [-0.15, -0.1) is 0 Å². The van der Waals surface area contributed by atoms with Crippen LogP contribution < -0.4 is 19.1 Å². The molecule has 0 saturated heterocycles. The minimum atomic E-state index is -0.271. The number of anilines is 1. The Kier molecular flexibility index (Phi) is 6.71. The van der Waals surface area contributed by atoms with Crippen LogP contribution in [0, 0.1) is 0 Å². The molecule has 174 valence electrons. The van der Waals surface area contributed by atoms with Gasteiger partial charge >= 0.3 is 0 Å². The Morgan fingerprint density at radius 2 is 1.82 bits per heavy atom. The van der Waals surface area contributed by atoms with Crippen LogP contribution in [0.3, 0.4) is 0 Å². The van der Waals surface area contributed by atoms with E-state index in [4.69, 9.17) is 23.6 Å². The van der Waals surface area contributed by atoms with Gasteiger partial charge in [0.1, 0.15) is 21.7 Å². The number of aromatic nitrogens is 1. The molecule has 2 aromatic carbocycles. The first-order chi connectivity index (χ1) is 16.0. The lowest BCUT2D eigenvalue weighted by Crippen LogP contribution is -2.36. The zero-order chi connectivity index (χ0) is 23.5. The van der Waals surface area contributed by atoms with E-state index < -0.39 is 0 Å². The van der Waals surface area contributed by atoms with Gasteiger partial charge in [0.15, 0.2) is 22.2 Å². The van der Waals surface area contributed by atoms with E-state index in [0.29, 0.717) is 53.2 Å². The van der Waals surface area contributed by atoms with Gasteiger partial charge in [-0.1, -0.05) is 23.5 Å². The fourth-order valence-corrected chi connectivity index (χ4v) is 4.62. The number of carbonyl (C=O) groups excluding carboxylic acids is 1. The number of hydrogen-bond acceptors (Lipinski definition) is 8. The van der Waals surface area contributed by atoms with E-state index in [2.05, 4.69) is 0 Å². The second-order valence-electron chi connectivity index (χ2n) is 7.62. The van der Waals surface area contributed by atoms with Crippen molar-refractivity contribution >= 4 is 43.6 Å². The van der Waals surface area contributed by atoms with Gasteiger partial charge < -0.3 is 23.5 Å². The van der Waals surface area contributed by atoms with E-state index in [9.17, 15) is 4.79 Å². The van der Waals surface area contributed by atoms with Gasteiger partial charge in [-0.05, 0) is 45.3 Å². The Labute approximate surface area is 196 Å². The predicted molar refractivity (Wildman–Crippen MR) is 130 cm³/mol. The molecule has 4 rings (SSSR count). The van der Waals surface area contributed by atoms with Crippen molar-refractivity contribution in [3.8, 4) is 17.2 Å². The Bertz CT molecular complexity index is 1240. The number of para-hydroxylation sites is 1. The van der Waals surface area contributed by atoms with Gasteiger partial charge in [0.25, 0.3) is 5.91 Å². The monoisotopic (exact) mass is 469 g/mol. The van der Waals surface area contributed by atoms with Crippen molar-refractivity contribution in [2.24, 2.45) is 0 Å². The molecule has 4 aromatic rings. The van der Waals surface area contributed by atoms with Crippen molar-refractivity contribution in [2.45, 2.75) is 6.92 Å². The van der Waals surface area contributed by atoms with Crippen molar-refractivity contribution < 1.29 is 23.4 Å². The maximum absolute atomic E-state index is 13.7. The molecule has 1 amide bonds. The molecule has 0 radical (unpaired) electrons. The molecule has 2 aromatic heterocycles. The third kappa shape index (κ3) is 4.46. The molecular weight excluding hydrogens is 442 g/mol. The number of ether oxygens (including phenoxy) is 3. The van der Waals surface area contributed by atoms with Crippen LogP contribution in [0.25, 0.3) is 21.2 Å². The molecule has 0 spiro atoms. The summed E-state index contributed by atoms with van der Waals surface area (Å²) >= 11 is 1.38. The number of thiazole rings is 1. The standard InChI is InChI=1S/C24H27N3O5S/c1-6-31-17-9-7-8-15-14-19(32-21(15)17)23(28)27(13-12-26(2)3)24-25-20-16(29-4)10-11-18(30-5)22(20)33-24/h7-11,14H,6,12-13H2,1-5H3. The Morgan fingerprint density at radius 3 is 2.52 bits per heavy atom. The van der Waals surface area contributed by atoms with Gasteiger partial charge in [0, 0.05) is 18.5 Å². The number of fused-ring (bicyclic) bond motifs is 2. The second kappa shape index (κ2) is 9.68. The second-order valence-corrected chi connectivity index (χ2v) is 8.60. The number of methoxy groups -OCH3 is 2. The first kappa shape index (κ1) is 22.9. The lowest BCUT2D eigenvalue weighted by Gasteiger charge is -2.20. The number of benzene rings is 2. The van der Waals surface area contributed by atoms with E-state index in [1.54, 1.807) is 25.2 Å². The number of amides is 1. The van der Waals surface area contributed by atoms with Crippen molar-refractivity contribution in [3.05, 3.63) is 42.2 Å². The zero-order valence-corrected chi connectivity index (χ0v) is 20.2. The number of likely N-dealkylation sites (N-methyl/N-ethyl adjacent to an activating group) is 1. The first-order valence-electron chi connectivity index (χ1n) is 10.6. The summed E-state index contributed by atoms with van der Waals surface area (Å²) in [6.45, 7) is 3.51. The van der Waals surface area contributed by atoms with Crippen molar-refractivity contribution in [1.82, 2.24) is 9.88 Å². The molecule has 0 fully saturated rings. The molecule has 33 heavy (non-hydrogen) atoms. The van der Waals surface area contributed by atoms with Crippen LogP contribution in [0.2, 0.25) is 0 Å².